The summed E-state index contributed by atoms with van der Waals surface area (Å²) in [4.78, 5) is 1.68. The molecular weight excluding hydrogens is 308 g/mol. The second-order valence-electron chi connectivity index (χ2n) is 7.85. The van der Waals surface area contributed by atoms with Crippen LogP contribution in [0.25, 0.3) is 11.4 Å². The molecule has 1 aromatic heterocycles. The van der Waals surface area contributed by atoms with Crippen molar-refractivity contribution in [2.75, 3.05) is 0 Å². The lowest BCUT2D eigenvalue weighted by Crippen LogP contribution is -2.14. The fourth-order valence-electron chi connectivity index (χ4n) is 2.95. The quantitative estimate of drug-likeness (QED) is 0.702. The highest BCUT2D eigenvalue weighted by atomic mass is 15.6. The number of aromatic nitrogens is 4. The highest BCUT2D eigenvalue weighted by molar-refractivity contribution is 5.54. The molecule has 0 saturated carbocycles. The van der Waals surface area contributed by atoms with Crippen LogP contribution in [0, 0.1) is 20.8 Å². The molecule has 0 saturated heterocycles. The van der Waals surface area contributed by atoms with E-state index in [0.717, 1.165) is 5.56 Å². The van der Waals surface area contributed by atoms with Crippen molar-refractivity contribution in [1.82, 2.24) is 20.2 Å². The van der Waals surface area contributed by atoms with Gasteiger partial charge in [0.25, 0.3) is 0 Å². The van der Waals surface area contributed by atoms with Gasteiger partial charge in [-0.3, -0.25) is 0 Å². The minimum atomic E-state index is 0.151. The molecule has 4 heteroatoms. The molecule has 25 heavy (non-hydrogen) atoms. The smallest absolute Gasteiger partial charge is 0.159 e. The van der Waals surface area contributed by atoms with Gasteiger partial charge < -0.3 is 0 Å². The second-order valence-corrected chi connectivity index (χ2v) is 7.85. The number of tetrazole rings is 1. The molecule has 0 radical (unpaired) electrons. The predicted molar refractivity (Wildman–Crippen MR) is 102 cm³/mol. The Kier molecular flexibility index (Phi) is 4.46. The average Bonchev–Trinajstić information content (AvgIpc) is 2.99. The topological polar surface area (TPSA) is 43.6 Å². The summed E-state index contributed by atoms with van der Waals surface area (Å²) in [5.74, 6) is 0.668. The van der Waals surface area contributed by atoms with E-state index in [1.165, 1.54) is 27.8 Å². The van der Waals surface area contributed by atoms with Crippen molar-refractivity contribution in [2.45, 2.75) is 53.5 Å². The molecule has 0 aliphatic carbocycles. The Bertz CT molecular complexity index is 860. The zero-order valence-electron chi connectivity index (χ0n) is 16.0. The van der Waals surface area contributed by atoms with Crippen molar-refractivity contribution < 1.29 is 0 Å². The number of rotatable bonds is 3. The van der Waals surface area contributed by atoms with E-state index < -0.39 is 0 Å². The Morgan fingerprint density at radius 2 is 1.52 bits per heavy atom. The number of nitrogens with zero attached hydrogens (tertiary/aromatic N) is 4. The molecule has 2 aromatic carbocycles. The molecule has 0 amide bonds. The van der Waals surface area contributed by atoms with Gasteiger partial charge in [-0.15, -0.1) is 10.2 Å². The summed E-state index contributed by atoms with van der Waals surface area (Å²) >= 11 is 0. The maximum Gasteiger partial charge on any atom is 0.204 e. The summed E-state index contributed by atoms with van der Waals surface area (Å²) < 4.78 is 0. The third-order valence-corrected chi connectivity index (χ3v) is 4.62. The van der Waals surface area contributed by atoms with Crippen molar-refractivity contribution in [3.05, 3.63) is 64.2 Å². The maximum absolute atomic E-state index is 4.55. The van der Waals surface area contributed by atoms with Gasteiger partial charge in [-0.05, 0) is 53.7 Å². The van der Waals surface area contributed by atoms with Gasteiger partial charge in [0.05, 0.1) is 6.54 Å². The van der Waals surface area contributed by atoms with Crippen molar-refractivity contribution in [2.24, 2.45) is 0 Å². The SMILES string of the molecule is Cc1ccc(-c2nnn(Cc3c(C)cc(C(C)(C)C)cc3C)n2)cc1. The van der Waals surface area contributed by atoms with Crippen LogP contribution in [0.3, 0.4) is 0 Å². The van der Waals surface area contributed by atoms with Crippen LogP contribution in [0.1, 0.15) is 48.6 Å². The van der Waals surface area contributed by atoms with Crippen molar-refractivity contribution in [1.29, 1.82) is 0 Å². The van der Waals surface area contributed by atoms with E-state index in [1.54, 1.807) is 4.80 Å². The third-order valence-electron chi connectivity index (χ3n) is 4.62. The normalized spacial score (nSPS) is 11.8. The molecule has 3 rings (SSSR count). The molecule has 130 valence electrons. The van der Waals surface area contributed by atoms with Crippen LogP contribution in [0.15, 0.2) is 36.4 Å². The molecule has 0 aliphatic heterocycles. The summed E-state index contributed by atoms with van der Waals surface area (Å²) in [5.41, 5.74) is 7.55. The fraction of sp³-hybridized carbons (Fsp3) is 0.381. The largest absolute Gasteiger partial charge is 0.204 e. The zero-order valence-corrected chi connectivity index (χ0v) is 16.0. The molecule has 3 aromatic rings. The molecule has 0 N–H and O–H groups in total. The van der Waals surface area contributed by atoms with E-state index in [9.17, 15) is 0 Å². The van der Waals surface area contributed by atoms with E-state index in [2.05, 4.69) is 81.2 Å². The fourth-order valence-corrected chi connectivity index (χ4v) is 2.95. The number of aryl methyl sites for hydroxylation is 3. The molecule has 0 unspecified atom stereocenters. The Morgan fingerprint density at radius 1 is 0.920 bits per heavy atom. The molecule has 0 atom stereocenters. The van der Waals surface area contributed by atoms with E-state index in [0.29, 0.717) is 12.4 Å². The second kappa shape index (κ2) is 6.43. The zero-order chi connectivity index (χ0) is 18.2. The Labute approximate surface area is 149 Å². The number of benzene rings is 2. The Morgan fingerprint density at radius 3 is 2.08 bits per heavy atom. The van der Waals surface area contributed by atoms with Crippen molar-refractivity contribution in [3.63, 3.8) is 0 Å². The summed E-state index contributed by atoms with van der Waals surface area (Å²) in [5, 5.41) is 13.0. The van der Waals surface area contributed by atoms with Crippen LogP contribution in [0.5, 0.6) is 0 Å². The van der Waals surface area contributed by atoms with Crippen molar-refractivity contribution >= 4 is 0 Å². The third kappa shape index (κ3) is 3.78. The van der Waals surface area contributed by atoms with Crippen LogP contribution in [0.2, 0.25) is 0 Å². The molecule has 0 bridgehead atoms. The monoisotopic (exact) mass is 334 g/mol. The lowest BCUT2D eigenvalue weighted by molar-refractivity contribution is 0.565. The lowest BCUT2D eigenvalue weighted by Gasteiger charge is -2.22. The van der Waals surface area contributed by atoms with Crippen LogP contribution >= 0.6 is 0 Å². The van der Waals surface area contributed by atoms with E-state index >= 15 is 0 Å². The first-order chi connectivity index (χ1) is 11.7. The van der Waals surface area contributed by atoms with Crippen molar-refractivity contribution in [3.8, 4) is 11.4 Å². The summed E-state index contributed by atoms with van der Waals surface area (Å²) in [6.45, 7) is 13.8. The highest BCUT2D eigenvalue weighted by Gasteiger charge is 2.17. The molecule has 1 heterocycles. The summed E-state index contributed by atoms with van der Waals surface area (Å²) in [6, 6.07) is 12.8. The Balaban J connectivity index is 1.87. The van der Waals surface area contributed by atoms with Gasteiger partial charge in [-0.25, -0.2) is 0 Å². The van der Waals surface area contributed by atoms with Gasteiger partial charge in [-0.2, -0.15) is 4.80 Å². The first-order valence-electron chi connectivity index (χ1n) is 8.69. The van der Waals surface area contributed by atoms with E-state index in [1.807, 2.05) is 12.1 Å². The Hall–Kier alpha value is -2.49. The average molecular weight is 334 g/mol. The predicted octanol–water partition coefficient (Wildman–Crippen LogP) is 4.61. The summed E-state index contributed by atoms with van der Waals surface area (Å²) in [6.07, 6.45) is 0. The minimum Gasteiger partial charge on any atom is -0.159 e. The summed E-state index contributed by atoms with van der Waals surface area (Å²) in [7, 11) is 0. The molecule has 4 nitrogen and oxygen atoms in total. The maximum atomic E-state index is 4.55. The van der Waals surface area contributed by atoms with Gasteiger partial charge >= 0.3 is 0 Å². The van der Waals surface area contributed by atoms with Gasteiger partial charge in [0.2, 0.25) is 5.82 Å². The van der Waals surface area contributed by atoms with E-state index in [-0.39, 0.29) is 5.41 Å². The first-order valence-corrected chi connectivity index (χ1v) is 8.69. The molecule has 0 fully saturated rings. The number of hydrogen-bond acceptors (Lipinski definition) is 3. The highest BCUT2D eigenvalue weighted by Crippen LogP contribution is 2.27. The van der Waals surface area contributed by atoms with Gasteiger partial charge in [0.15, 0.2) is 0 Å². The van der Waals surface area contributed by atoms with Crippen LogP contribution in [-0.4, -0.2) is 20.2 Å². The molecular formula is C21H26N4. The number of hydrogen-bond donors (Lipinski definition) is 0. The minimum absolute atomic E-state index is 0.151. The van der Waals surface area contributed by atoms with Crippen LogP contribution in [0.4, 0.5) is 0 Å². The first kappa shape index (κ1) is 17.3. The van der Waals surface area contributed by atoms with Gasteiger partial charge in [-0.1, -0.05) is 62.7 Å². The molecule has 0 aliphatic rings. The van der Waals surface area contributed by atoms with Crippen LogP contribution in [-0.2, 0) is 12.0 Å². The standard InChI is InChI=1S/C21H26N4/c1-14-7-9-17(10-8-14)20-22-24-25(23-20)13-19-15(2)11-18(12-16(19)3)21(4,5)6/h7-12H,13H2,1-6H3. The van der Waals surface area contributed by atoms with Gasteiger partial charge in [0.1, 0.15) is 0 Å². The molecule has 0 spiro atoms. The van der Waals surface area contributed by atoms with Gasteiger partial charge in [0, 0.05) is 5.56 Å². The van der Waals surface area contributed by atoms with E-state index in [4.69, 9.17) is 0 Å². The van der Waals surface area contributed by atoms with Crippen LogP contribution < -0.4 is 0 Å². The lowest BCUT2D eigenvalue weighted by atomic mass is 9.84.